The minimum absolute atomic E-state index is 0.00162. The summed E-state index contributed by atoms with van der Waals surface area (Å²) in [7, 11) is -4.14. The molecule has 42 heavy (non-hydrogen) atoms. The molecule has 2 amide bonds. The molecule has 0 aliphatic heterocycles. The van der Waals surface area contributed by atoms with Gasteiger partial charge in [-0.25, -0.2) is 8.42 Å². The summed E-state index contributed by atoms with van der Waals surface area (Å²) in [5.74, 6) is -0.913. The van der Waals surface area contributed by atoms with E-state index in [9.17, 15) is 18.0 Å². The Morgan fingerprint density at radius 1 is 0.786 bits per heavy atom. The number of nitrogens with zero attached hydrogens (tertiary/aromatic N) is 2. The largest absolute Gasteiger partial charge is 0.355 e. The number of anilines is 1. The first-order valence-electron chi connectivity index (χ1n) is 13.4. The van der Waals surface area contributed by atoms with Crippen molar-refractivity contribution in [3.8, 4) is 0 Å². The molecule has 0 bridgehead atoms. The van der Waals surface area contributed by atoms with Crippen molar-refractivity contribution in [1.82, 2.24) is 10.2 Å². The Labute approximate surface area is 256 Å². The van der Waals surface area contributed by atoms with Crippen molar-refractivity contribution in [2.45, 2.75) is 30.8 Å². The highest BCUT2D eigenvalue weighted by Gasteiger charge is 2.34. The van der Waals surface area contributed by atoms with E-state index in [2.05, 4.69) is 5.32 Å². The molecule has 10 heteroatoms. The van der Waals surface area contributed by atoms with Crippen molar-refractivity contribution >= 4 is 50.7 Å². The molecular weight excluding hydrogens is 593 g/mol. The molecule has 4 aromatic rings. The molecule has 0 aliphatic rings. The van der Waals surface area contributed by atoms with Crippen molar-refractivity contribution in [2.24, 2.45) is 0 Å². The maximum Gasteiger partial charge on any atom is 0.264 e. The van der Waals surface area contributed by atoms with E-state index in [0.717, 1.165) is 9.87 Å². The lowest BCUT2D eigenvalue weighted by atomic mass is 10.0. The van der Waals surface area contributed by atoms with Crippen molar-refractivity contribution < 1.29 is 18.0 Å². The number of rotatable bonds is 12. The molecule has 1 N–H and O–H groups in total. The summed E-state index contributed by atoms with van der Waals surface area (Å²) in [5, 5.41) is 3.49. The lowest BCUT2D eigenvalue weighted by Crippen LogP contribution is -2.53. The van der Waals surface area contributed by atoms with E-state index in [0.29, 0.717) is 27.8 Å². The molecule has 0 aromatic heterocycles. The molecule has 0 saturated heterocycles. The maximum atomic E-state index is 14.3. The van der Waals surface area contributed by atoms with E-state index in [1.165, 1.54) is 17.0 Å². The van der Waals surface area contributed by atoms with Crippen LogP contribution >= 0.6 is 23.2 Å². The number of sulfonamides is 1. The van der Waals surface area contributed by atoms with Crippen molar-refractivity contribution in [3.05, 3.63) is 130 Å². The predicted octanol–water partition coefficient (Wildman–Crippen LogP) is 5.96. The van der Waals surface area contributed by atoms with Crippen LogP contribution in [0.15, 0.2) is 114 Å². The Hall–Kier alpha value is -3.85. The zero-order valence-corrected chi connectivity index (χ0v) is 25.3. The van der Waals surface area contributed by atoms with Crippen molar-refractivity contribution in [3.63, 3.8) is 0 Å². The molecule has 0 spiro atoms. The van der Waals surface area contributed by atoms with Crippen LogP contribution in [-0.4, -0.2) is 44.3 Å². The van der Waals surface area contributed by atoms with Crippen LogP contribution in [0.4, 0.5) is 5.69 Å². The van der Waals surface area contributed by atoms with Gasteiger partial charge in [-0.1, -0.05) is 96.0 Å². The van der Waals surface area contributed by atoms with Crippen molar-refractivity contribution in [2.75, 3.05) is 17.4 Å². The van der Waals surface area contributed by atoms with E-state index in [-0.39, 0.29) is 23.8 Å². The quantitative estimate of drug-likeness (QED) is 0.211. The van der Waals surface area contributed by atoms with Gasteiger partial charge in [0.15, 0.2) is 0 Å². The van der Waals surface area contributed by atoms with Gasteiger partial charge in [0.2, 0.25) is 11.8 Å². The van der Waals surface area contributed by atoms with Gasteiger partial charge in [-0.3, -0.25) is 13.9 Å². The van der Waals surface area contributed by atoms with Gasteiger partial charge >= 0.3 is 0 Å². The molecule has 0 aliphatic carbocycles. The number of hydrogen-bond acceptors (Lipinski definition) is 4. The van der Waals surface area contributed by atoms with Crippen LogP contribution in [0.3, 0.4) is 0 Å². The zero-order valence-electron chi connectivity index (χ0n) is 23.0. The second kappa shape index (κ2) is 14.4. The van der Waals surface area contributed by atoms with Gasteiger partial charge in [-0.15, -0.1) is 0 Å². The van der Waals surface area contributed by atoms with Gasteiger partial charge in [0.25, 0.3) is 10.0 Å². The van der Waals surface area contributed by atoms with E-state index in [1.54, 1.807) is 73.7 Å². The highest BCUT2D eigenvalue weighted by Crippen LogP contribution is 2.26. The first kappa shape index (κ1) is 31.1. The number of halogens is 2. The smallest absolute Gasteiger partial charge is 0.264 e. The summed E-state index contributed by atoms with van der Waals surface area (Å²) in [4.78, 5) is 29.2. The van der Waals surface area contributed by atoms with Crippen LogP contribution < -0.4 is 9.62 Å². The lowest BCUT2D eigenvalue weighted by Gasteiger charge is -2.34. The van der Waals surface area contributed by atoms with E-state index >= 15 is 0 Å². The third-order valence-electron chi connectivity index (χ3n) is 6.61. The number of benzene rings is 4. The normalized spacial score (nSPS) is 11.9. The average molecular weight is 625 g/mol. The summed E-state index contributed by atoms with van der Waals surface area (Å²) in [6.45, 7) is 1.62. The number of likely N-dealkylation sites (N-methyl/N-ethyl adjacent to an activating group) is 1. The molecule has 7 nitrogen and oxygen atoms in total. The molecule has 0 fully saturated rings. The average Bonchev–Trinajstić information content (AvgIpc) is 3.00. The number of carbonyl (C=O) groups is 2. The highest BCUT2D eigenvalue weighted by atomic mass is 35.5. The zero-order chi connectivity index (χ0) is 30.1. The minimum Gasteiger partial charge on any atom is -0.355 e. The van der Waals surface area contributed by atoms with Crippen LogP contribution in [0, 0.1) is 0 Å². The number of carbonyl (C=O) groups excluding carboxylic acids is 2. The highest BCUT2D eigenvalue weighted by molar-refractivity contribution is 7.92. The molecule has 0 saturated carbocycles. The molecule has 1 atom stereocenters. The lowest BCUT2D eigenvalue weighted by molar-refractivity contribution is -0.140. The molecule has 4 aromatic carbocycles. The summed E-state index contributed by atoms with van der Waals surface area (Å²) < 4.78 is 28.8. The fourth-order valence-electron chi connectivity index (χ4n) is 4.52. The monoisotopic (exact) mass is 623 g/mol. The van der Waals surface area contributed by atoms with Crippen LogP contribution in [-0.2, 0) is 32.6 Å². The second-order valence-corrected chi connectivity index (χ2v) is 12.2. The van der Waals surface area contributed by atoms with E-state index < -0.39 is 28.5 Å². The molecule has 4 rings (SSSR count). The number of nitrogens with one attached hydrogen (secondary N) is 1. The SMILES string of the molecule is CCNC(=O)C(Cc1ccccc1)N(Cc1ccc(Cl)c(Cl)c1)C(=O)CN(c1ccccc1)S(=O)(=O)c1ccccc1. The van der Waals surface area contributed by atoms with Gasteiger partial charge in [-0.2, -0.15) is 0 Å². The Balaban J connectivity index is 1.78. The topological polar surface area (TPSA) is 86.8 Å². The number of para-hydroxylation sites is 1. The van der Waals surface area contributed by atoms with Crippen LogP contribution in [0.5, 0.6) is 0 Å². The Morgan fingerprint density at radius 2 is 1.38 bits per heavy atom. The van der Waals surface area contributed by atoms with Gasteiger partial charge in [-0.05, 0) is 54.4 Å². The van der Waals surface area contributed by atoms with Gasteiger partial charge in [0.1, 0.15) is 12.6 Å². The minimum atomic E-state index is -4.14. The molecule has 0 heterocycles. The first-order chi connectivity index (χ1) is 20.2. The summed E-state index contributed by atoms with van der Waals surface area (Å²) in [6.07, 6.45) is 0.219. The summed E-state index contributed by atoms with van der Waals surface area (Å²) >= 11 is 12.4. The maximum absolute atomic E-state index is 14.3. The molecule has 0 radical (unpaired) electrons. The Morgan fingerprint density at radius 3 is 1.98 bits per heavy atom. The number of amides is 2. The van der Waals surface area contributed by atoms with Crippen LogP contribution in [0.1, 0.15) is 18.1 Å². The number of hydrogen-bond donors (Lipinski definition) is 1. The predicted molar refractivity (Wildman–Crippen MR) is 167 cm³/mol. The fraction of sp³-hybridized carbons (Fsp3) is 0.188. The van der Waals surface area contributed by atoms with Gasteiger partial charge < -0.3 is 10.2 Å². The van der Waals surface area contributed by atoms with E-state index in [4.69, 9.17) is 23.2 Å². The first-order valence-corrected chi connectivity index (χ1v) is 15.6. The van der Waals surface area contributed by atoms with Crippen LogP contribution in [0.25, 0.3) is 0 Å². The van der Waals surface area contributed by atoms with Gasteiger partial charge in [0.05, 0.1) is 20.6 Å². The fourth-order valence-corrected chi connectivity index (χ4v) is 6.28. The van der Waals surface area contributed by atoms with Gasteiger partial charge in [0, 0.05) is 19.5 Å². The summed E-state index contributed by atoms with van der Waals surface area (Å²) in [5.41, 5.74) is 1.80. The van der Waals surface area contributed by atoms with Crippen LogP contribution in [0.2, 0.25) is 10.0 Å². The molecule has 1 unspecified atom stereocenters. The second-order valence-electron chi connectivity index (χ2n) is 9.53. The standard InChI is InChI=1S/C32H31Cl2N3O4S/c1-2-35-32(39)30(21-24-12-6-3-7-13-24)36(22-25-18-19-28(33)29(34)20-25)31(38)23-37(26-14-8-4-9-15-26)42(40,41)27-16-10-5-11-17-27/h3-20,30H,2,21-23H2,1H3,(H,35,39). The molecule has 218 valence electrons. The third kappa shape index (κ3) is 7.70. The third-order valence-corrected chi connectivity index (χ3v) is 9.14. The Kier molecular flexibility index (Phi) is 10.6. The van der Waals surface area contributed by atoms with E-state index in [1.807, 2.05) is 30.3 Å². The van der Waals surface area contributed by atoms with Crippen molar-refractivity contribution in [1.29, 1.82) is 0 Å². The molecular formula is C32H31Cl2N3O4S. The summed E-state index contributed by atoms with van der Waals surface area (Å²) in [6, 6.07) is 29.7. The Bertz CT molecular complexity index is 1610.